The maximum absolute atomic E-state index is 13.7. The van der Waals surface area contributed by atoms with E-state index in [4.69, 9.17) is 0 Å². The van der Waals surface area contributed by atoms with Crippen LogP contribution in [-0.2, 0) is 4.79 Å². The zero-order valence-corrected chi connectivity index (χ0v) is 16.0. The van der Waals surface area contributed by atoms with E-state index in [1.54, 1.807) is 24.3 Å². The number of rotatable bonds is 5. The van der Waals surface area contributed by atoms with Gasteiger partial charge in [0.1, 0.15) is 27.8 Å². The summed E-state index contributed by atoms with van der Waals surface area (Å²) in [5.74, 6) is -1.06. The Morgan fingerprint density at radius 3 is 2.64 bits per heavy atom. The van der Waals surface area contributed by atoms with Crippen molar-refractivity contribution in [3.8, 4) is 11.1 Å². The standard InChI is InChI=1S/C20H13F2N3OS2/c21-13-7-5-12(6-8-13)14-9-27-19-18(14)20(24-11-23-19)28-10-17(26)25-16-4-2-1-3-15(16)22/h1-9,11H,10H2,(H,25,26). The van der Waals surface area contributed by atoms with E-state index < -0.39 is 5.82 Å². The molecule has 8 heteroatoms. The number of nitrogens with zero attached hydrogens (tertiary/aromatic N) is 2. The van der Waals surface area contributed by atoms with Gasteiger partial charge in [0.05, 0.1) is 16.8 Å². The summed E-state index contributed by atoms with van der Waals surface area (Å²) in [6.45, 7) is 0. The number of benzene rings is 2. The van der Waals surface area contributed by atoms with Gasteiger partial charge >= 0.3 is 0 Å². The molecular formula is C20H13F2N3OS2. The molecule has 0 radical (unpaired) electrons. The Morgan fingerprint density at radius 2 is 1.86 bits per heavy atom. The summed E-state index contributed by atoms with van der Waals surface area (Å²) < 4.78 is 26.9. The number of halogens is 2. The summed E-state index contributed by atoms with van der Waals surface area (Å²) in [4.78, 5) is 21.6. The number of para-hydroxylation sites is 1. The van der Waals surface area contributed by atoms with E-state index in [1.807, 2.05) is 5.38 Å². The first-order valence-electron chi connectivity index (χ1n) is 8.27. The molecule has 0 unspecified atom stereocenters. The van der Waals surface area contributed by atoms with Crippen molar-refractivity contribution in [2.24, 2.45) is 0 Å². The zero-order valence-electron chi connectivity index (χ0n) is 14.4. The Kier molecular flexibility index (Phi) is 5.31. The molecule has 1 amide bonds. The first-order chi connectivity index (χ1) is 13.6. The van der Waals surface area contributed by atoms with Crippen molar-refractivity contribution in [3.63, 3.8) is 0 Å². The van der Waals surface area contributed by atoms with E-state index in [9.17, 15) is 13.6 Å². The third-order valence-corrected chi connectivity index (χ3v) is 5.85. The van der Waals surface area contributed by atoms with Crippen LogP contribution in [0.5, 0.6) is 0 Å². The monoisotopic (exact) mass is 413 g/mol. The summed E-state index contributed by atoms with van der Waals surface area (Å²) in [5.41, 5.74) is 1.88. The highest BCUT2D eigenvalue weighted by atomic mass is 32.2. The lowest BCUT2D eigenvalue weighted by Gasteiger charge is -2.07. The smallest absolute Gasteiger partial charge is 0.234 e. The number of carbonyl (C=O) groups excluding carboxylic acids is 1. The van der Waals surface area contributed by atoms with Gasteiger partial charge in [-0.3, -0.25) is 4.79 Å². The number of hydrogen-bond donors (Lipinski definition) is 1. The second kappa shape index (κ2) is 8.04. The van der Waals surface area contributed by atoms with Gasteiger partial charge in [-0.05, 0) is 29.8 Å². The van der Waals surface area contributed by atoms with Gasteiger partial charge in [-0.15, -0.1) is 11.3 Å². The fourth-order valence-electron chi connectivity index (χ4n) is 2.68. The first-order valence-corrected chi connectivity index (χ1v) is 10.1. The molecule has 140 valence electrons. The van der Waals surface area contributed by atoms with Crippen molar-refractivity contribution >= 4 is 44.9 Å². The van der Waals surface area contributed by atoms with Crippen molar-refractivity contribution in [1.29, 1.82) is 0 Å². The highest BCUT2D eigenvalue weighted by Gasteiger charge is 2.15. The molecule has 4 aromatic rings. The van der Waals surface area contributed by atoms with E-state index in [2.05, 4.69) is 15.3 Å². The maximum atomic E-state index is 13.7. The quantitative estimate of drug-likeness (QED) is 0.353. The molecule has 28 heavy (non-hydrogen) atoms. The number of anilines is 1. The summed E-state index contributed by atoms with van der Waals surface area (Å²) in [6.07, 6.45) is 1.45. The number of amides is 1. The minimum absolute atomic E-state index is 0.0686. The maximum Gasteiger partial charge on any atom is 0.234 e. The van der Waals surface area contributed by atoms with Crippen LogP contribution in [0.1, 0.15) is 0 Å². The molecule has 2 heterocycles. The van der Waals surface area contributed by atoms with E-state index in [0.717, 1.165) is 21.3 Å². The van der Waals surface area contributed by atoms with Crippen molar-refractivity contribution in [1.82, 2.24) is 9.97 Å². The molecular weight excluding hydrogens is 400 g/mol. The molecule has 2 aromatic heterocycles. The Balaban J connectivity index is 1.57. The lowest BCUT2D eigenvalue weighted by molar-refractivity contribution is -0.113. The fourth-order valence-corrected chi connectivity index (χ4v) is 4.47. The average molecular weight is 413 g/mol. The fraction of sp³-hybridized carbons (Fsp3) is 0.0500. The average Bonchev–Trinajstić information content (AvgIpc) is 3.13. The third kappa shape index (κ3) is 3.88. The lowest BCUT2D eigenvalue weighted by Crippen LogP contribution is -2.15. The molecule has 0 saturated carbocycles. The van der Waals surface area contributed by atoms with Gasteiger partial charge in [0.2, 0.25) is 5.91 Å². The molecule has 0 aliphatic heterocycles. The van der Waals surface area contributed by atoms with Crippen molar-refractivity contribution in [3.05, 3.63) is 71.9 Å². The second-order valence-electron chi connectivity index (χ2n) is 5.83. The van der Waals surface area contributed by atoms with Crippen LogP contribution in [0.4, 0.5) is 14.5 Å². The molecule has 4 nitrogen and oxygen atoms in total. The number of nitrogens with one attached hydrogen (secondary N) is 1. The van der Waals surface area contributed by atoms with Gasteiger partial charge in [0.25, 0.3) is 0 Å². The van der Waals surface area contributed by atoms with Crippen molar-refractivity contribution < 1.29 is 13.6 Å². The first kappa shape index (κ1) is 18.5. The van der Waals surface area contributed by atoms with Gasteiger partial charge in [-0.25, -0.2) is 18.7 Å². The lowest BCUT2D eigenvalue weighted by atomic mass is 10.1. The number of carbonyl (C=O) groups is 1. The molecule has 0 fully saturated rings. The number of aromatic nitrogens is 2. The molecule has 0 saturated heterocycles. The van der Waals surface area contributed by atoms with Crippen LogP contribution in [-0.4, -0.2) is 21.6 Å². The van der Waals surface area contributed by atoms with Gasteiger partial charge < -0.3 is 5.32 Å². The second-order valence-corrected chi connectivity index (χ2v) is 7.65. The van der Waals surface area contributed by atoms with Gasteiger partial charge in [0.15, 0.2) is 0 Å². The Morgan fingerprint density at radius 1 is 1.07 bits per heavy atom. The number of hydrogen-bond acceptors (Lipinski definition) is 5. The Bertz CT molecular complexity index is 1150. The minimum atomic E-state index is -0.485. The van der Waals surface area contributed by atoms with Crippen LogP contribution in [0, 0.1) is 11.6 Å². The SMILES string of the molecule is O=C(CSc1ncnc2scc(-c3ccc(F)cc3)c12)Nc1ccccc1F. The van der Waals surface area contributed by atoms with Crippen LogP contribution in [0.3, 0.4) is 0 Å². The molecule has 4 rings (SSSR count). The van der Waals surface area contributed by atoms with Crippen LogP contribution in [0.25, 0.3) is 21.3 Å². The van der Waals surface area contributed by atoms with Crippen LogP contribution >= 0.6 is 23.1 Å². The summed E-state index contributed by atoms with van der Waals surface area (Å²) in [7, 11) is 0. The van der Waals surface area contributed by atoms with Gasteiger partial charge in [-0.1, -0.05) is 36.0 Å². The molecule has 0 aliphatic rings. The molecule has 0 atom stereocenters. The number of fused-ring (bicyclic) bond motifs is 1. The number of thioether (sulfide) groups is 1. The van der Waals surface area contributed by atoms with Gasteiger partial charge in [0, 0.05) is 10.9 Å². The predicted octanol–water partition coefficient (Wildman–Crippen LogP) is 5.37. The highest BCUT2D eigenvalue weighted by molar-refractivity contribution is 8.00. The normalized spacial score (nSPS) is 10.9. The minimum Gasteiger partial charge on any atom is -0.323 e. The zero-order chi connectivity index (χ0) is 19.5. The summed E-state index contributed by atoms with van der Waals surface area (Å²) in [5, 5.41) is 5.97. The van der Waals surface area contributed by atoms with Crippen LogP contribution in [0.15, 0.2) is 65.3 Å². The van der Waals surface area contributed by atoms with Crippen LogP contribution < -0.4 is 5.32 Å². The topological polar surface area (TPSA) is 54.9 Å². The van der Waals surface area contributed by atoms with Gasteiger partial charge in [-0.2, -0.15) is 0 Å². The summed E-state index contributed by atoms with van der Waals surface area (Å²) >= 11 is 2.70. The molecule has 0 spiro atoms. The van der Waals surface area contributed by atoms with Crippen LogP contribution in [0.2, 0.25) is 0 Å². The molecule has 2 aromatic carbocycles. The molecule has 0 bridgehead atoms. The third-order valence-electron chi connectivity index (χ3n) is 3.98. The van der Waals surface area contributed by atoms with E-state index in [-0.39, 0.29) is 23.2 Å². The largest absolute Gasteiger partial charge is 0.323 e. The molecule has 1 N–H and O–H groups in total. The summed E-state index contributed by atoms with van der Waals surface area (Å²) in [6, 6.07) is 12.2. The van der Waals surface area contributed by atoms with E-state index in [1.165, 1.54) is 53.7 Å². The highest BCUT2D eigenvalue weighted by Crippen LogP contribution is 2.37. The van der Waals surface area contributed by atoms with Crippen molar-refractivity contribution in [2.75, 3.05) is 11.1 Å². The number of thiophene rings is 1. The Hall–Kier alpha value is -2.84. The molecule has 0 aliphatic carbocycles. The van der Waals surface area contributed by atoms with Crippen molar-refractivity contribution in [2.45, 2.75) is 5.03 Å². The Labute approximate surface area is 167 Å². The van der Waals surface area contributed by atoms with E-state index >= 15 is 0 Å². The van der Waals surface area contributed by atoms with E-state index in [0.29, 0.717) is 5.03 Å². The predicted molar refractivity (Wildman–Crippen MR) is 109 cm³/mol.